The number of ether oxygens (including phenoxy) is 1. The fourth-order valence-electron chi connectivity index (χ4n) is 1.66. The van der Waals surface area contributed by atoms with Crippen LogP contribution in [0.3, 0.4) is 0 Å². The lowest BCUT2D eigenvalue weighted by molar-refractivity contribution is -0.139. The van der Waals surface area contributed by atoms with E-state index in [9.17, 15) is 4.79 Å². The summed E-state index contributed by atoms with van der Waals surface area (Å²) in [6.45, 7) is 10.9. The molecule has 0 saturated carbocycles. The zero-order chi connectivity index (χ0) is 12.0. The van der Waals surface area contributed by atoms with Crippen molar-refractivity contribution in [2.75, 3.05) is 0 Å². The van der Waals surface area contributed by atoms with Crippen molar-refractivity contribution in [1.29, 1.82) is 0 Å². The predicted octanol–water partition coefficient (Wildman–Crippen LogP) is 2.80. The van der Waals surface area contributed by atoms with Gasteiger partial charge in [-0.05, 0) is 6.42 Å². The Morgan fingerprint density at radius 3 is 2.31 bits per heavy atom. The second kappa shape index (κ2) is 5.45. The number of aliphatic imine (C=N–C) groups is 1. The van der Waals surface area contributed by atoms with E-state index in [1.165, 1.54) is 0 Å². The number of carbonyl (C=O) groups is 1. The fraction of sp³-hybridized carbons (Fsp3) is 0.385. The normalized spacial score (nSPS) is 17.5. The van der Waals surface area contributed by atoms with Gasteiger partial charge in [0.25, 0.3) is 0 Å². The van der Waals surface area contributed by atoms with E-state index in [1.807, 2.05) is 0 Å². The van der Waals surface area contributed by atoms with Crippen molar-refractivity contribution in [3.63, 3.8) is 0 Å². The van der Waals surface area contributed by atoms with E-state index in [1.54, 1.807) is 18.2 Å². The van der Waals surface area contributed by atoms with Crippen LogP contribution in [-0.2, 0) is 9.53 Å². The summed E-state index contributed by atoms with van der Waals surface area (Å²) in [4.78, 5) is 16.2. The average molecular weight is 219 g/mol. The molecule has 0 aromatic rings. The van der Waals surface area contributed by atoms with Crippen LogP contribution >= 0.6 is 0 Å². The molecule has 0 aromatic heterocycles. The van der Waals surface area contributed by atoms with Gasteiger partial charge in [-0.1, -0.05) is 18.2 Å². The fourth-order valence-corrected chi connectivity index (χ4v) is 1.66. The Morgan fingerprint density at radius 1 is 1.19 bits per heavy atom. The molecule has 0 aliphatic carbocycles. The Bertz CT molecular complexity index is 332. The first kappa shape index (κ1) is 12.4. The van der Waals surface area contributed by atoms with Crippen LogP contribution in [0.1, 0.15) is 25.7 Å². The molecular weight excluding hydrogens is 202 g/mol. The summed E-state index contributed by atoms with van der Waals surface area (Å²) < 4.78 is 5.15. The molecule has 1 rings (SSSR count). The molecule has 0 saturated heterocycles. The van der Waals surface area contributed by atoms with Crippen molar-refractivity contribution in [2.24, 2.45) is 4.99 Å². The summed E-state index contributed by atoms with van der Waals surface area (Å²) in [6, 6.07) is 0. The van der Waals surface area contributed by atoms with Crippen LogP contribution in [0.25, 0.3) is 0 Å². The summed E-state index contributed by atoms with van der Waals surface area (Å²) in [5.41, 5.74) is -0.819. The largest absolute Gasteiger partial charge is 0.410 e. The first-order valence-corrected chi connectivity index (χ1v) is 5.32. The summed E-state index contributed by atoms with van der Waals surface area (Å²) in [5, 5.41) is 0. The SMILES string of the molecule is C=CCCC1=NC(CC=C)(CC=C)C(=O)O1. The third-order valence-electron chi connectivity index (χ3n) is 2.46. The number of hydrogen-bond donors (Lipinski definition) is 0. The Hall–Kier alpha value is -1.64. The molecule has 1 aliphatic heterocycles. The molecule has 3 heteroatoms. The van der Waals surface area contributed by atoms with E-state index in [4.69, 9.17) is 4.74 Å². The summed E-state index contributed by atoms with van der Waals surface area (Å²) in [5.74, 6) is 0.194. The molecule has 1 heterocycles. The van der Waals surface area contributed by atoms with Gasteiger partial charge >= 0.3 is 5.97 Å². The van der Waals surface area contributed by atoms with Crippen LogP contribution in [0.5, 0.6) is 0 Å². The lowest BCUT2D eigenvalue weighted by Gasteiger charge is -2.17. The Labute approximate surface area is 96.2 Å². The number of hydrogen-bond acceptors (Lipinski definition) is 3. The highest BCUT2D eigenvalue weighted by Crippen LogP contribution is 2.30. The highest BCUT2D eigenvalue weighted by molar-refractivity contribution is 6.00. The van der Waals surface area contributed by atoms with Gasteiger partial charge in [0.15, 0.2) is 11.4 Å². The van der Waals surface area contributed by atoms with Gasteiger partial charge in [0.2, 0.25) is 0 Å². The lowest BCUT2D eigenvalue weighted by atomic mass is 9.92. The summed E-state index contributed by atoms with van der Waals surface area (Å²) >= 11 is 0. The summed E-state index contributed by atoms with van der Waals surface area (Å²) in [7, 11) is 0. The molecule has 86 valence electrons. The molecule has 0 N–H and O–H groups in total. The standard InChI is InChI=1S/C13H17NO2/c1-4-7-8-11-14-13(9-5-2,10-6-3)12(15)16-11/h4-6H,1-3,7-10H2. The molecule has 0 bridgehead atoms. The number of nitrogens with zero attached hydrogens (tertiary/aromatic N) is 1. The molecule has 3 nitrogen and oxygen atoms in total. The number of rotatable bonds is 7. The van der Waals surface area contributed by atoms with Gasteiger partial charge < -0.3 is 4.74 Å². The van der Waals surface area contributed by atoms with E-state index in [0.29, 0.717) is 25.2 Å². The quantitative estimate of drug-likeness (QED) is 0.488. The highest BCUT2D eigenvalue weighted by Gasteiger charge is 2.43. The average Bonchev–Trinajstić information content (AvgIpc) is 2.54. The minimum Gasteiger partial charge on any atom is -0.410 e. The van der Waals surface area contributed by atoms with Crippen LogP contribution in [0.15, 0.2) is 43.0 Å². The molecule has 16 heavy (non-hydrogen) atoms. The first-order chi connectivity index (χ1) is 7.68. The smallest absolute Gasteiger partial charge is 0.341 e. The van der Waals surface area contributed by atoms with Gasteiger partial charge in [0, 0.05) is 19.3 Å². The minimum atomic E-state index is -0.819. The molecular formula is C13H17NO2. The van der Waals surface area contributed by atoms with Gasteiger partial charge in [0.1, 0.15) is 0 Å². The monoisotopic (exact) mass is 219 g/mol. The second-order valence-electron chi connectivity index (χ2n) is 3.74. The van der Waals surface area contributed by atoms with E-state index in [0.717, 1.165) is 6.42 Å². The van der Waals surface area contributed by atoms with Crippen LogP contribution in [0.2, 0.25) is 0 Å². The third kappa shape index (κ3) is 2.48. The minimum absolute atomic E-state index is 0.300. The van der Waals surface area contributed by atoms with Crippen molar-refractivity contribution in [3.05, 3.63) is 38.0 Å². The molecule has 0 radical (unpaired) electrons. The highest BCUT2D eigenvalue weighted by atomic mass is 16.6. The zero-order valence-electron chi connectivity index (χ0n) is 9.45. The van der Waals surface area contributed by atoms with Gasteiger partial charge in [-0.25, -0.2) is 9.79 Å². The summed E-state index contributed by atoms with van der Waals surface area (Å²) in [6.07, 6.45) is 7.48. The number of allylic oxidation sites excluding steroid dienone is 1. The molecule has 1 aliphatic rings. The first-order valence-electron chi connectivity index (χ1n) is 5.32. The van der Waals surface area contributed by atoms with Crippen LogP contribution in [-0.4, -0.2) is 17.4 Å². The van der Waals surface area contributed by atoms with Crippen molar-refractivity contribution in [1.82, 2.24) is 0 Å². The maximum atomic E-state index is 11.8. The van der Waals surface area contributed by atoms with Crippen LogP contribution < -0.4 is 0 Å². The Balaban J connectivity index is 2.85. The van der Waals surface area contributed by atoms with E-state index >= 15 is 0 Å². The molecule has 0 unspecified atom stereocenters. The van der Waals surface area contributed by atoms with Crippen molar-refractivity contribution >= 4 is 11.9 Å². The van der Waals surface area contributed by atoms with Crippen LogP contribution in [0, 0.1) is 0 Å². The topological polar surface area (TPSA) is 38.7 Å². The maximum absolute atomic E-state index is 11.8. The van der Waals surface area contributed by atoms with Crippen LogP contribution in [0.4, 0.5) is 0 Å². The van der Waals surface area contributed by atoms with Gasteiger partial charge in [-0.3, -0.25) is 0 Å². The second-order valence-corrected chi connectivity index (χ2v) is 3.74. The maximum Gasteiger partial charge on any atom is 0.341 e. The molecule has 0 amide bonds. The number of cyclic esters (lactones) is 1. The lowest BCUT2D eigenvalue weighted by Crippen LogP contribution is -2.32. The van der Waals surface area contributed by atoms with Crippen molar-refractivity contribution in [3.8, 4) is 0 Å². The van der Waals surface area contributed by atoms with Crippen molar-refractivity contribution in [2.45, 2.75) is 31.2 Å². The third-order valence-corrected chi connectivity index (χ3v) is 2.46. The molecule has 0 spiro atoms. The van der Waals surface area contributed by atoms with E-state index in [2.05, 4.69) is 24.7 Å². The zero-order valence-corrected chi connectivity index (χ0v) is 9.45. The van der Waals surface area contributed by atoms with E-state index in [-0.39, 0.29) is 5.97 Å². The Kier molecular flexibility index (Phi) is 4.23. The van der Waals surface area contributed by atoms with Gasteiger partial charge in [0.05, 0.1) is 0 Å². The molecule has 0 atom stereocenters. The molecule has 0 aromatic carbocycles. The van der Waals surface area contributed by atoms with E-state index < -0.39 is 5.54 Å². The van der Waals surface area contributed by atoms with Crippen molar-refractivity contribution < 1.29 is 9.53 Å². The number of esters is 1. The predicted molar refractivity (Wildman–Crippen MR) is 65.3 cm³/mol. The Morgan fingerprint density at radius 2 is 1.81 bits per heavy atom. The van der Waals surface area contributed by atoms with Gasteiger partial charge in [-0.2, -0.15) is 0 Å². The van der Waals surface area contributed by atoms with Gasteiger partial charge in [-0.15, -0.1) is 19.7 Å². The molecule has 0 fully saturated rings. The number of carbonyl (C=O) groups excluding carboxylic acids is 1.